The lowest BCUT2D eigenvalue weighted by molar-refractivity contribution is -0.120. The van der Waals surface area contributed by atoms with Crippen LogP contribution in [0.15, 0.2) is 30.3 Å². The van der Waals surface area contributed by atoms with Crippen molar-refractivity contribution < 1.29 is 4.79 Å². The van der Waals surface area contributed by atoms with E-state index in [1.54, 1.807) is 0 Å². The van der Waals surface area contributed by atoms with Gasteiger partial charge in [0.1, 0.15) is 0 Å². The van der Waals surface area contributed by atoms with E-state index in [4.69, 9.17) is 0 Å². The lowest BCUT2D eigenvalue weighted by Gasteiger charge is -2.26. The number of benzene rings is 1. The quantitative estimate of drug-likeness (QED) is 0.795. The Morgan fingerprint density at radius 2 is 2.06 bits per heavy atom. The molecule has 3 nitrogen and oxygen atoms in total. The van der Waals surface area contributed by atoms with E-state index in [9.17, 15) is 4.79 Å². The van der Waals surface area contributed by atoms with E-state index in [2.05, 4.69) is 17.6 Å². The Balaban J connectivity index is 1.93. The van der Waals surface area contributed by atoms with Crippen LogP contribution in [0.2, 0.25) is 0 Å². The molecule has 1 saturated heterocycles. The zero-order chi connectivity index (χ0) is 11.4. The van der Waals surface area contributed by atoms with Gasteiger partial charge < -0.3 is 10.6 Å². The molecule has 1 fully saturated rings. The van der Waals surface area contributed by atoms with E-state index in [1.807, 2.05) is 30.3 Å². The van der Waals surface area contributed by atoms with Crippen LogP contribution < -0.4 is 10.6 Å². The zero-order valence-corrected chi connectivity index (χ0v) is 9.57. The van der Waals surface area contributed by atoms with Crippen molar-refractivity contribution in [2.45, 2.75) is 13.3 Å². The van der Waals surface area contributed by atoms with Crippen LogP contribution >= 0.6 is 0 Å². The Hall–Kier alpha value is -1.35. The Morgan fingerprint density at radius 1 is 1.31 bits per heavy atom. The van der Waals surface area contributed by atoms with Crippen molar-refractivity contribution in [3.8, 4) is 0 Å². The number of amides is 1. The first-order valence-corrected chi connectivity index (χ1v) is 5.82. The average molecular weight is 218 g/mol. The Kier molecular flexibility index (Phi) is 3.57. The first kappa shape index (κ1) is 11.1. The van der Waals surface area contributed by atoms with Crippen molar-refractivity contribution in [1.29, 1.82) is 0 Å². The maximum absolute atomic E-state index is 12.0. The highest BCUT2D eigenvalue weighted by Gasteiger charge is 2.24. The molecule has 2 N–H and O–H groups in total. The van der Waals surface area contributed by atoms with Crippen LogP contribution in [0.25, 0.3) is 0 Å². The number of hydrogen-bond acceptors (Lipinski definition) is 2. The Bertz CT molecular complexity index is 350. The SMILES string of the molecule is CC1CNCC(C(=O)Nc2ccccc2)C1. The summed E-state index contributed by atoms with van der Waals surface area (Å²) in [4.78, 5) is 12.0. The molecule has 1 aliphatic rings. The summed E-state index contributed by atoms with van der Waals surface area (Å²) in [7, 11) is 0. The number of carbonyl (C=O) groups excluding carboxylic acids is 1. The van der Waals surface area contributed by atoms with Gasteiger partial charge in [-0.2, -0.15) is 0 Å². The normalized spacial score (nSPS) is 25.1. The third-order valence-electron chi connectivity index (χ3n) is 2.98. The van der Waals surface area contributed by atoms with Crippen LogP contribution in [0.5, 0.6) is 0 Å². The van der Waals surface area contributed by atoms with Crippen LogP contribution in [0.3, 0.4) is 0 Å². The van der Waals surface area contributed by atoms with E-state index >= 15 is 0 Å². The number of para-hydroxylation sites is 1. The van der Waals surface area contributed by atoms with Crippen LogP contribution in [0.4, 0.5) is 5.69 Å². The second-order valence-electron chi connectivity index (χ2n) is 4.55. The summed E-state index contributed by atoms with van der Waals surface area (Å²) in [6.45, 7) is 3.99. The summed E-state index contributed by atoms with van der Waals surface area (Å²) in [5.41, 5.74) is 0.880. The van der Waals surface area contributed by atoms with Crippen LogP contribution in [-0.4, -0.2) is 19.0 Å². The second kappa shape index (κ2) is 5.12. The molecule has 0 bridgehead atoms. The third kappa shape index (κ3) is 2.83. The molecule has 86 valence electrons. The minimum Gasteiger partial charge on any atom is -0.326 e. The van der Waals surface area contributed by atoms with Crippen molar-refractivity contribution in [1.82, 2.24) is 5.32 Å². The van der Waals surface area contributed by atoms with Gasteiger partial charge >= 0.3 is 0 Å². The van der Waals surface area contributed by atoms with Gasteiger partial charge in [0.2, 0.25) is 5.91 Å². The molecule has 2 atom stereocenters. The molecule has 3 heteroatoms. The molecule has 1 aromatic carbocycles. The molecule has 0 saturated carbocycles. The minimum atomic E-state index is 0.101. The second-order valence-corrected chi connectivity index (χ2v) is 4.55. The maximum atomic E-state index is 12.0. The standard InChI is InChI=1S/C13H18N2O/c1-10-7-11(9-14-8-10)13(16)15-12-5-3-2-4-6-12/h2-6,10-11,14H,7-9H2,1H3,(H,15,16). The van der Waals surface area contributed by atoms with Gasteiger partial charge in [-0.1, -0.05) is 25.1 Å². The monoisotopic (exact) mass is 218 g/mol. The van der Waals surface area contributed by atoms with E-state index in [0.29, 0.717) is 5.92 Å². The van der Waals surface area contributed by atoms with Crippen molar-refractivity contribution in [3.63, 3.8) is 0 Å². The molecule has 2 rings (SSSR count). The van der Waals surface area contributed by atoms with E-state index in [-0.39, 0.29) is 11.8 Å². The fourth-order valence-electron chi connectivity index (χ4n) is 2.12. The molecule has 0 aliphatic carbocycles. The molecular formula is C13H18N2O. The van der Waals surface area contributed by atoms with Crippen LogP contribution in [-0.2, 0) is 4.79 Å². The summed E-state index contributed by atoms with van der Waals surface area (Å²) in [6, 6.07) is 9.63. The molecule has 16 heavy (non-hydrogen) atoms. The van der Waals surface area contributed by atoms with E-state index in [1.165, 1.54) is 0 Å². The van der Waals surface area contributed by atoms with Crippen molar-refractivity contribution in [2.75, 3.05) is 18.4 Å². The molecule has 1 heterocycles. The van der Waals surface area contributed by atoms with Gasteiger partial charge in [0.25, 0.3) is 0 Å². The first-order chi connectivity index (χ1) is 7.75. The number of piperidine rings is 1. The molecular weight excluding hydrogens is 200 g/mol. The smallest absolute Gasteiger partial charge is 0.228 e. The van der Waals surface area contributed by atoms with Crippen molar-refractivity contribution >= 4 is 11.6 Å². The van der Waals surface area contributed by atoms with Crippen LogP contribution in [0, 0.1) is 11.8 Å². The Morgan fingerprint density at radius 3 is 2.75 bits per heavy atom. The van der Waals surface area contributed by atoms with Gasteiger partial charge in [-0.05, 0) is 31.0 Å². The van der Waals surface area contributed by atoms with Gasteiger partial charge in [-0.25, -0.2) is 0 Å². The summed E-state index contributed by atoms with van der Waals surface area (Å²) in [5, 5.41) is 6.24. The first-order valence-electron chi connectivity index (χ1n) is 5.82. The highest BCUT2D eigenvalue weighted by molar-refractivity contribution is 5.92. The number of anilines is 1. The lowest BCUT2D eigenvalue weighted by atomic mass is 9.91. The number of carbonyl (C=O) groups is 1. The molecule has 0 radical (unpaired) electrons. The maximum Gasteiger partial charge on any atom is 0.228 e. The number of nitrogens with one attached hydrogen (secondary N) is 2. The van der Waals surface area contributed by atoms with Gasteiger partial charge in [0.15, 0.2) is 0 Å². The average Bonchev–Trinajstić information content (AvgIpc) is 2.30. The highest BCUT2D eigenvalue weighted by Crippen LogP contribution is 2.17. The molecule has 1 amide bonds. The zero-order valence-electron chi connectivity index (χ0n) is 9.57. The van der Waals surface area contributed by atoms with Gasteiger partial charge in [-0.3, -0.25) is 4.79 Å². The molecule has 1 aromatic rings. The largest absolute Gasteiger partial charge is 0.326 e. The summed E-state index contributed by atoms with van der Waals surface area (Å²) >= 11 is 0. The van der Waals surface area contributed by atoms with E-state index in [0.717, 1.165) is 25.2 Å². The lowest BCUT2D eigenvalue weighted by Crippen LogP contribution is -2.40. The van der Waals surface area contributed by atoms with Gasteiger partial charge in [0, 0.05) is 12.2 Å². The third-order valence-corrected chi connectivity index (χ3v) is 2.98. The number of rotatable bonds is 2. The fourth-order valence-corrected chi connectivity index (χ4v) is 2.12. The molecule has 2 unspecified atom stereocenters. The predicted molar refractivity (Wildman–Crippen MR) is 65.2 cm³/mol. The van der Waals surface area contributed by atoms with E-state index < -0.39 is 0 Å². The van der Waals surface area contributed by atoms with Crippen LogP contribution in [0.1, 0.15) is 13.3 Å². The van der Waals surface area contributed by atoms with Crippen molar-refractivity contribution in [3.05, 3.63) is 30.3 Å². The predicted octanol–water partition coefficient (Wildman–Crippen LogP) is 1.87. The van der Waals surface area contributed by atoms with Gasteiger partial charge in [-0.15, -0.1) is 0 Å². The minimum absolute atomic E-state index is 0.101. The molecule has 0 spiro atoms. The van der Waals surface area contributed by atoms with Crippen molar-refractivity contribution in [2.24, 2.45) is 11.8 Å². The highest BCUT2D eigenvalue weighted by atomic mass is 16.1. The summed E-state index contributed by atoms with van der Waals surface area (Å²) < 4.78 is 0. The number of hydrogen-bond donors (Lipinski definition) is 2. The van der Waals surface area contributed by atoms with Gasteiger partial charge in [0.05, 0.1) is 5.92 Å². The molecule has 0 aromatic heterocycles. The topological polar surface area (TPSA) is 41.1 Å². The Labute approximate surface area is 96.2 Å². The summed E-state index contributed by atoms with van der Waals surface area (Å²) in [5.74, 6) is 0.814. The molecule has 1 aliphatic heterocycles. The summed E-state index contributed by atoms with van der Waals surface area (Å²) in [6.07, 6.45) is 0.978. The fraction of sp³-hybridized carbons (Fsp3) is 0.462.